The smallest absolute Gasteiger partial charge is 0.393 e. The SMILES string of the molecule is CCC(O)CCNC(C)C(=O)NCC(F)(F)F. The Morgan fingerprint density at radius 2 is 2.00 bits per heavy atom. The predicted molar refractivity (Wildman–Crippen MR) is 57.4 cm³/mol. The summed E-state index contributed by atoms with van der Waals surface area (Å²) in [5.41, 5.74) is 0. The lowest BCUT2D eigenvalue weighted by Crippen LogP contribution is -2.45. The van der Waals surface area contributed by atoms with Crippen LogP contribution < -0.4 is 10.6 Å². The number of hydrogen-bond acceptors (Lipinski definition) is 3. The minimum atomic E-state index is -4.40. The van der Waals surface area contributed by atoms with Crippen molar-refractivity contribution >= 4 is 5.91 Å². The number of nitrogens with one attached hydrogen (secondary N) is 2. The van der Waals surface area contributed by atoms with Crippen LogP contribution >= 0.6 is 0 Å². The third-order valence-corrected chi connectivity index (χ3v) is 2.26. The Hall–Kier alpha value is -0.820. The van der Waals surface area contributed by atoms with Gasteiger partial charge in [-0.25, -0.2) is 0 Å². The standard InChI is InChI=1S/C10H19F3N2O2/c1-3-8(16)4-5-14-7(2)9(17)15-6-10(11,12)13/h7-8,14,16H,3-6H2,1-2H3,(H,15,17). The Kier molecular flexibility index (Phi) is 7.13. The summed E-state index contributed by atoms with van der Waals surface area (Å²) in [6.07, 6.45) is -3.77. The van der Waals surface area contributed by atoms with E-state index in [1.165, 1.54) is 6.92 Å². The lowest BCUT2D eigenvalue weighted by molar-refractivity contribution is -0.139. The van der Waals surface area contributed by atoms with E-state index < -0.39 is 30.8 Å². The molecule has 2 atom stereocenters. The zero-order chi connectivity index (χ0) is 13.5. The van der Waals surface area contributed by atoms with E-state index in [9.17, 15) is 23.1 Å². The minimum absolute atomic E-state index is 0.385. The van der Waals surface area contributed by atoms with Crippen LogP contribution in [0, 0.1) is 0 Å². The first-order valence-corrected chi connectivity index (χ1v) is 5.52. The second kappa shape index (κ2) is 7.50. The van der Waals surface area contributed by atoms with Crippen LogP contribution in [0.2, 0.25) is 0 Å². The quantitative estimate of drug-likeness (QED) is 0.631. The number of aliphatic hydroxyl groups is 1. The van der Waals surface area contributed by atoms with Crippen molar-refractivity contribution in [3.63, 3.8) is 0 Å². The summed E-state index contributed by atoms with van der Waals surface area (Å²) in [5.74, 6) is -0.701. The maximum Gasteiger partial charge on any atom is 0.405 e. The van der Waals surface area contributed by atoms with Gasteiger partial charge in [0.05, 0.1) is 12.1 Å². The summed E-state index contributed by atoms with van der Waals surface area (Å²) in [6.45, 7) is 2.36. The van der Waals surface area contributed by atoms with E-state index in [2.05, 4.69) is 5.32 Å². The molecular weight excluding hydrogens is 237 g/mol. The van der Waals surface area contributed by atoms with Crippen molar-refractivity contribution in [3.05, 3.63) is 0 Å². The van der Waals surface area contributed by atoms with Gasteiger partial charge in [-0.15, -0.1) is 0 Å². The van der Waals surface area contributed by atoms with Crippen molar-refractivity contribution in [2.45, 2.75) is 45.0 Å². The van der Waals surface area contributed by atoms with Crippen LogP contribution in [0.25, 0.3) is 0 Å². The van der Waals surface area contributed by atoms with Gasteiger partial charge in [0.25, 0.3) is 0 Å². The monoisotopic (exact) mass is 256 g/mol. The minimum Gasteiger partial charge on any atom is -0.393 e. The first-order valence-electron chi connectivity index (χ1n) is 5.52. The van der Waals surface area contributed by atoms with Gasteiger partial charge in [0.2, 0.25) is 5.91 Å². The summed E-state index contributed by atoms with van der Waals surface area (Å²) in [5, 5.41) is 13.8. The molecule has 7 heteroatoms. The summed E-state index contributed by atoms with van der Waals surface area (Å²) in [6, 6.07) is -0.707. The van der Waals surface area contributed by atoms with Gasteiger partial charge in [0.15, 0.2) is 0 Å². The van der Waals surface area contributed by atoms with Crippen molar-refractivity contribution in [2.75, 3.05) is 13.1 Å². The molecule has 0 saturated carbocycles. The van der Waals surface area contributed by atoms with E-state index in [0.29, 0.717) is 19.4 Å². The Balaban J connectivity index is 3.75. The molecule has 0 aromatic rings. The number of amides is 1. The van der Waals surface area contributed by atoms with E-state index in [4.69, 9.17) is 0 Å². The van der Waals surface area contributed by atoms with Crippen molar-refractivity contribution in [3.8, 4) is 0 Å². The van der Waals surface area contributed by atoms with Gasteiger partial charge < -0.3 is 15.7 Å². The fourth-order valence-corrected chi connectivity index (χ4v) is 1.10. The number of halogens is 3. The average molecular weight is 256 g/mol. The van der Waals surface area contributed by atoms with Crippen molar-refractivity contribution in [1.82, 2.24) is 10.6 Å². The highest BCUT2D eigenvalue weighted by Gasteiger charge is 2.28. The van der Waals surface area contributed by atoms with Gasteiger partial charge in [-0.3, -0.25) is 4.79 Å². The largest absolute Gasteiger partial charge is 0.405 e. The van der Waals surface area contributed by atoms with Crippen LogP contribution in [0.5, 0.6) is 0 Å². The molecule has 0 aliphatic heterocycles. The van der Waals surface area contributed by atoms with Crippen LogP contribution in [0.3, 0.4) is 0 Å². The molecule has 102 valence electrons. The van der Waals surface area contributed by atoms with Gasteiger partial charge in [-0.05, 0) is 26.3 Å². The third kappa shape index (κ3) is 8.93. The lowest BCUT2D eigenvalue weighted by atomic mass is 10.2. The summed E-state index contributed by atoms with van der Waals surface area (Å²) in [7, 11) is 0. The van der Waals surface area contributed by atoms with Gasteiger partial charge in [0, 0.05) is 0 Å². The zero-order valence-electron chi connectivity index (χ0n) is 9.97. The molecule has 0 radical (unpaired) electrons. The number of carbonyl (C=O) groups excluding carboxylic acids is 1. The molecule has 0 bridgehead atoms. The molecule has 0 aliphatic rings. The molecule has 0 fully saturated rings. The third-order valence-electron chi connectivity index (χ3n) is 2.26. The molecule has 0 aliphatic carbocycles. The van der Waals surface area contributed by atoms with Gasteiger partial charge >= 0.3 is 6.18 Å². The highest BCUT2D eigenvalue weighted by atomic mass is 19.4. The number of aliphatic hydroxyl groups excluding tert-OH is 1. The molecule has 0 saturated heterocycles. The average Bonchev–Trinajstić information content (AvgIpc) is 2.24. The Labute approximate surface area is 98.6 Å². The number of carbonyl (C=O) groups is 1. The fraction of sp³-hybridized carbons (Fsp3) is 0.900. The highest BCUT2D eigenvalue weighted by Crippen LogP contribution is 2.12. The molecule has 2 unspecified atom stereocenters. The normalized spacial score (nSPS) is 15.4. The number of hydrogen-bond donors (Lipinski definition) is 3. The van der Waals surface area contributed by atoms with Crippen LogP contribution in [0.1, 0.15) is 26.7 Å². The van der Waals surface area contributed by atoms with Crippen LogP contribution in [0.4, 0.5) is 13.2 Å². The molecule has 0 rings (SSSR count). The van der Waals surface area contributed by atoms with Gasteiger partial charge in [-0.2, -0.15) is 13.2 Å². The Bertz CT molecular complexity index is 234. The molecule has 17 heavy (non-hydrogen) atoms. The van der Waals surface area contributed by atoms with Gasteiger partial charge in [-0.1, -0.05) is 6.92 Å². The second-order valence-corrected chi connectivity index (χ2v) is 3.86. The lowest BCUT2D eigenvalue weighted by Gasteiger charge is -2.16. The molecule has 4 nitrogen and oxygen atoms in total. The molecule has 0 spiro atoms. The van der Waals surface area contributed by atoms with E-state index in [1.807, 2.05) is 6.92 Å². The molecule has 1 amide bonds. The van der Waals surface area contributed by atoms with Crippen LogP contribution in [0.15, 0.2) is 0 Å². The molecule has 0 aromatic carbocycles. The first-order chi connectivity index (χ1) is 7.76. The van der Waals surface area contributed by atoms with Gasteiger partial charge in [0.1, 0.15) is 6.54 Å². The molecule has 0 heterocycles. The van der Waals surface area contributed by atoms with Crippen LogP contribution in [-0.4, -0.2) is 42.4 Å². The summed E-state index contributed by atoms with van der Waals surface area (Å²) < 4.78 is 35.4. The maximum atomic E-state index is 11.8. The maximum absolute atomic E-state index is 11.8. The first kappa shape index (κ1) is 16.2. The topological polar surface area (TPSA) is 61.4 Å². The van der Waals surface area contributed by atoms with Crippen LogP contribution in [-0.2, 0) is 4.79 Å². The zero-order valence-corrected chi connectivity index (χ0v) is 9.97. The molecule has 3 N–H and O–H groups in total. The van der Waals surface area contributed by atoms with Crippen molar-refractivity contribution < 1.29 is 23.1 Å². The molecule has 0 aromatic heterocycles. The fourth-order valence-electron chi connectivity index (χ4n) is 1.10. The van der Waals surface area contributed by atoms with E-state index >= 15 is 0 Å². The summed E-state index contributed by atoms with van der Waals surface area (Å²) >= 11 is 0. The number of alkyl halides is 3. The Morgan fingerprint density at radius 1 is 1.41 bits per heavy atom. The highest BCUT2D eigenvalue weighted by molar-refractivity contribution is 5.81. The Morgan fingerprint density at radius 3 is 2.47 bits per heavy atom. The summed E-state index contributed by atoms with van der Waals surface area (Å²) in [4.78, 5) is 11.2. The van der Waals surface area contributed by atoms with E-state index in [1.54, 1.807) is 5.32 Å². The van der Waals surface area contributed by atoms with E-state index in [0.717, 1.165) is 0 Å². The second-order valence-electron chi connectivity index (χ2n) is 3.86. The van der Waals surface area contributed by atoms with E-state index in [-0.39, 0.29) is 0 Å². The van der Waals surface area contributed by atoms with Crippen molar-refractivity contribution in [1.29, 1.82) is 0 Å². The number of rotatable bonds is 7. The molecular formula is C10H19F3N2O2. The van der Waals surface area contributed by atoms with Crippen molar-refractivity contribution in [2.24, 2.45) is 0 Å². The predicted octanol–water partition coefficient (Wildman–Crippen LogP) is 0.804.